The van der Waals surface area contributed by atoms with Gasteiger partial charge in [-0.25, -0.2) is 4.79 Å². The maximum absolute atomic E-state index is 13.3. The molecular weight excluding hydrogens is 458 g/mol. The number of anilines is 1. The standard InChI is InChI=1S/C28H33N3O5/c1-5-6-25(32)35-18-19-7-9-20(10-8-19)24(17-30-27(34)36-28(2,3)4)26(33)31-23-12-11-22-16-29-14-13-21(22)15-23/h7-16,24H,5-6,17-18H2,1-4H3,(H,30,34)(H,31,33). The Morgan fingerprint density at radius 2 is 1.75 bits per heavy atom. The lowest BCUT2D eigenvalue weighted by atomic mass is 9.96. The van der Waals surface area contributed by atoms with Crippen LogP contribution in [-0.4, -0.2) is 35.1 Å². The molecule has 0 saturated carbocycles. The number of aromatic nitrogens is 1. The molecule has 0 radical (unpaired) electrons. The van der Waals surface area contributed by atoms with Crippen molar-refractivity contribution >= 4 is 34.4 Å². The highest BCUT2D eigenvalue weighted by molar-refractivity contribution is 5.98. The number of esters is 1. The summed E-state index contributed by atoms with van der Waals surface area (Å²) in [6.45, 7) is 7.46. The van der Waals surface area contributed by atoms with E-state index in [2.05, 4.69) is 15.6 Å². The zero-order valence-electron chi connectivity index (χ0n) is 21.2. The van der Waals surface area contributed by atoms with Crippen LogP contribution in [0.5, 0.6) is 0 Å². The molecule has 0 fully saturated rings. The summed E-state index contributed by atoms with van der Waals surface area (Å²) >= 11 is 0. The first-order valence-corrected chi connectivity index (χ1v) is 12.0. The number of benzene rings is 2. The van der Waals surface area contributed by atoms with E-state index in [-0.39, 0.29) is 25.0 Å². The van der Waals surface area contributed by atoms with Crippen molar-refractivity contribution in [3.8, 4) is 0 Å². The first-order chi connectivity index (χ1) is 17.1. The Balaban J connectivity index is 1.75. The van der Waals surface area contributed by atoms with Gasteiger partial charge in [0.1, 0.15) is 12.2 Å². The minimum absolute atomic E-state index is 0.0447. The van der Waals surface area contributed by atoms with Crippen molar-refractivity contribution in [1.29, 1.82) is 0 Å². The van der Waals surface area contributed by atoms with Crippen molar-refractivity contribution in [1.82, 2.24) is 10.3 Å². The molecule has 3 rings (SSSR count). The van der Waals surface area contributed by atoms with Crippen LogP contribution in [0.2, 0.25) is 0 Å². The quantitative estimate of drug-likeness (QED) is 0.392. The lowest BCUT2D eigenvalue weighted by Crippen LogP contribution is -2.37. The predicted molar refractivity (Wildman–Crippen MR) is 138 cm³/mol. The molecule has 0 aliphatic heterocycles. The molecule has 0 aliphatic carbocycles. The fourth-order valence-corrected chi connectivity index (χ4v) is 3.54. The fraction of sp³-hybridized carbons (Fsp3) is 0.357. The van der Waals surface area contributed by atoms with Crippen LogP contribution in [0.3, 0.4) is 0 Å². The van der Waals surface area contributed by atoms with Crippen LogP contribution in [0.4, 0.5) is 10.5 Å². The maximum atomic E-state index is 13.3. The van der Waals surface area contributed by atoms with Gasteiger partial charge in [0.25, 0.3) is 0 Å². The average Bonchev–Trinajstić information content (AvgIpc) is 2.82. The summed E-state index contributed by atoms with van der Waals surface area (Å²) in [6, 6.07) is 14.7. The molecule has 8 heteroatoms. The number of pyridine rings is 1. The van der Waals surface area contributed by atoms with Gasteiger partial charge >= 0.3 is 12.1 Å². The maximum Gasteiger partial charge on any atom is 0.407 e. The Hall–Kier alpha value is -3.94. The van der Waals surface area contributed by atoms with Crippen molar-refractivity contribution < 1.29 is 23.9 Å². The Morgan fingerprint density at radius 3 is 2.44 bits per heavy atom. The normalized spacial score (nSPS) is 12.0. The Labute approximate surface area is 211 Å². The molecule has 8 nitrogen and oxygen atoms in total. The minimum atomic E-state index is -0.678. The summed E-state index contributed by atoms with van der Waals surface area (Å²) in [5.41, 5.74) is 1.50. The van der Waals surface area contributed by atoms with E-state index in [1.165, 1.54) is 0 Å². The van der Waals surface area contributed by atoms with E-state index in [4.69, 9.17) is 9.47 Å². The van der Waals surface area contributed by atoms with E-state index in [1.807, 2.05) is 43.3 Å². The molecule has 2 N–H and O–H groups in total. The van der Waals surface area contributed by atoms with Gasteiger partial charge in [0.15, 0.2) is 0 Å². The third kappa shape index (κ3) is 8.08. The highest BCUT2D eigenvalue weighted by atomic mass is 16.6. The number of nitrogens with zero attached hydrogens (tertiary/aromatic N) is 1. The van der Waals surface area contributed by atoms with Gasteiger partial charge in [-0.05, 0) is 61.9 Å². The van der Waals surface area contributed by atoms with Crippen LogP contribution in [0.1, 0.15) is 57.6 Å². The molecule has 1 unspecified atom stereocenters. The number of fused-ring (bicyclic) bond motifs is 1. The monoisotopic (exact) mass is 491 g/mol. The number of nitrogens with one attached hydrogen (secondary N) is 2. The molecular formula is C28H33N3O5. The molecule has 36 heavy (non-hydrogen) atoms. The summed E-state index contributed by atoms with van der Waals surface area (Å²) in [6.07, 6.45) is 3.96. The van der Waals surface area contributed by atoms with Crippen LogP contribution in [0.15, 0.2) is 60.9 Å². The van der Waals surface area contributed by atoms with Gasteiger partial charge in [-0.2, -0.15) is 0 Å². The second-order valence-corrected chi connectivity index (χ2v) is 9.51. The first kappa shape index (κ1) is 26.7. The third-order valence-corrected chi connectivity index (χ3v) is 5.31. The molecule has 1 aromatic heterocycles. The number of ether oxygens (including phenoxy) is 2. The summed E-state index contributed by atoms with van der Waals surface area (Å²) in [7, 11) is 0. The predicted octanol–water partition coefficient (Wildman–Crippen LogP) is 5.33. The minimum Gasteiger partial charge on any atom is -0.461 e. The lowest BCUT2D eigenvalue weighted by Gasteiger charge is -2.22. The lowest BCUT2D eigenvalue weighted by molar-refractivity contribution is -0.145. The van der Waals surface area contributed by atoms with Crippen LogP contribution in [0.25, 0.3) is 10.8 Å². The van der Waals surface area contributed by atoms with E-state index >= 15 is 0 Å². The topological polar surface area (TPSA) is 107 Å². The summed E-state index contributed by atoms with van der Waals surface area (Å²) in [5.74, 6) is -1.20. The van der Waals surface area contributed by atoms with E-state index in [1.54, 1.807) is 45.3 Å². The molecule has 1 heterocycles. The highest BCUT2D eigenvalue weighted by Gasteiger charge is 2.24. The van der Waals surface area contributed by atoms with Gasteiger partial charge in [-0.3, -0.25) is 14.6 Å². The average molecular weight is 492 g/mol. The van der Waals surface area contributed by atoms with Crippen LogP contribution >= 0.6 is 0 Å². The zero-order chi connectivity index (χ0) is 26.1. The second-order valence-electron chi connectivity index (χ2n) is 9.51. The number of alkyl carbamates (subject to hydrolysis) is 1. The number of carbonyl (C=O) groups excluding carboxylic acids is 3. The van der Waals surface area contributed by atoms with Crippen LogP contribution in [-0.2, 0) is 25.7 Å². The van der Waals surface area contributed by atoms with Gasteiger partial charge in [0.2, 0.25) is 5.91 Å². The molecule has 1 atom stereocenters. The largest absolute Gasteiger partial charge is 0.461 e. The third-order valence-electron chi connectivity index (χ3n) is 5.31. The van der Waals surface area contributed by atoms with Crippen molar-refractivity contribution in [2.24, 2.45) is 0 Å². The molecule has 0 spiro atoms. The van der Waals surface area contributed by atoms with Crippen molar-refractivity contribution in [2.75, 3.05) is 11.9 Å². The first-order valence-electron chi connectivity index (χ1n) is 12.0. The van der Waals surface area contributed by atoms with E-state index in [0.717, 1.165) is 22.8 Å². The molecule has 0 bridgehead atoms. The van der Waals surface area contributed by atoms with Crippen molar-refractivity contribution in [3.63, 3.8) is 0 Å². The van der Waals surface area contributed by atoms with E-state index in [0.29, 0.717) is 17.7 Å². The number of rotatable bonds is 9. The number of hydrogen-bond acceptors (Lipinski definition) is 6. The Morgan fingerprint density at radius 1 is 1.00 bits per heavy atom. The SMILES string of the molecule is CCCC(=O)OCc1ccc(C(CNC(=O)OC(C)(C)C)C(=O)Nc2ccc3cnccc3c2)cc1. The molecule has 190 valence electrons. The van der Waals surface area contributed by atoms with Crippen molar-refractivity contribution in [2.45, 2.75) is 58.7 Å². The van der Waals surface area contributed by atoms with Gasteiger partial charge in [-0.1, -0.05) is 37.3 Å². The number of amides is 2. The van der Waals surface area contributed by atoms with Gasteiger partial charge in [0.05, 0.1) is 5.92 Å². The molecule has 2 aromatic carbocycles. The number of carbonyl (C=O) groups is 3. The van der Waals surface area contributed by atoms with Gasteiger partial charge in [-0.15, -0.1) is 0 Å². The summed E-state index contributed by atoms with van der Waals surface area (Å²) in [5, 5.41) is 7.57. The van der Waals surface area contributed by atoms with Crippen LogP contribution < -0.4 is 10.6 Å². The fourth-order valence-electron chi connectivity index (χ4n) is 3.54. The molecule has 0 aliphatic rings. The highest BCUT2D eigenvalue weighted by Crippen LogP contribution is 2.22. The summed E-state index contributed by atoms with van der Waals surface area (Å²) in [4.78, 5) is 41.4. The van der Waals surface area contributed by atoms with E-state index in [9.17, 15) is 14.4 Å². The Bertz CT molecular complexity index is 1200. The summed E-state index contributed by atoms with van der Waals surface area (Å²) < 4.78 is 10.6. The van der Waals surface area contributed by atoms with Crippen LogP contribution in [0, 0.1) is 0 Å². The molecule has 2 amide bonds. The molecule has 3 aromatic rings. The number of hydrogen-bond donors (Lipinski definition) is 2. The second kappa shape index (κ2) is 12.2. The molecule has 0 saturated heterocycles. The van der Waals surface area contributed by atoms with Gasteiger partial charge < -0.3 is 20.1 Å². The zero-order valence-corrected chi connectivity index (χ0v) is 21.2. The Kier molecular flexibility index (Phi) is 9.00. The van der Waals surface area contributed by atoms with Gasteiger partial charge in [0, 0.05) is 36.4 Å². The van der Waals surface area contributed by atoms with E-state index < -0.39 is 17.6 Å². The smallest absolute Gasteiger partial charge is 0.407 e. The van der Waals surface area contributed by atoms with Crippen molar-refractivity contribution in [3.05, 3.63) is 72.1 Å².